The Hall–Kier alpha value is -1.43. The molecule has 9 rings (SSSR count). The van der Waals surface area contributed by atoms with Gasteiger partial charge in [-0.3, -0.25) is 4.79 Å². The van der Waals surface area contributed by atoms with Gasteiger partial charge in [0.2, 0.25) is 0 Å². The van der Waals surface area contributed by atoms with Gasteiger partial charge in [0.25, 0.3) is 0 Å². The van der Waals surface area contributed by atoms with Crippen molar-refractivity contribution in [3.8, 4) is 0 Å². The van der Waals surface area contributed by atoms with Crippen molar-refractivity contribution in [3.63, 3.8) is 0 Å². The van der Waals surface area contributed by atoms with Crippen molar-refractivity contribution in [1.82, 2.24) is 0 Å². The standard InChI is InChI=1S/C54H84O5/c1-7-14-43-53-27-24-42-50(4)31-30-48(2)28-29-49(3,47(55)56)36-44(48)52(50,26-13-9-12-17-37-15-10-8-11-16-37)35-41-23-22-40(46(53)51(41,42)5)34-54(43,57)59-45(53)33-39-20-18-38(19-21-39)25-32-58-6/h18-21,37,40-46,57H,7-17,22-36H2,1-6H3,(H,55,56)/t40-,41-,42+,43+,44+,45-,46-,48+,49+,50+,51+,52-,53+,54-/m0/s1. The van der Waals surface area contributed by atoms with Crippen LogP contribution in [0.2, 0.25) is 0 Å². The van der Waals surface area contributed by atoms with E-state index in [9.17, 15) is 15.0 Å². The van der Waals surface area contributed by atoms with Gasteiger partial charge >= 0.3 is 5.97 Å². The van der Waals surface area contributed by atoms with Gasteiger partial charge in [-0.15, -0.1) is 0 Å². The quantitative estimate of drug-likeness (QED) is 0.183. The number of hydrogen-bond donors (Lipinski definition) is 2. The maximum Gasteiger partial charge on any atom is 0.309 e. The van der Waals surface area contributed by atoms with Gasteiger partial charge < -0.3 is 19.7 Å². The number of unbranched alkanes of at least 4 members (excludes halogenated alkanes) is 2. The van der Waals surface area contributed by atoms with Crippen LogP contribution in [0.3, 0.4) is 0 Å². The van der Waals surface area contributed by atoms with Crippen molar-refractivity contribution in [2.24, 2.45) is 73.9 Å². The highest BCUT2D eigenvalue weighted by atomic mass is 16.6. The number of aliphatic hydroxyl groups is 1. The lowest BCUT2D eigenvalue weighted by molar-refractivity contribution is -0.316. The topological polar surface area (TPSA) is 76.0 Å². The van der Waals surface area contributed by atoms with E-state index in [1.54, 1.807) is 7.11 Å². The molecule has 1 aromatic rings. The second-order valence-corrected chi connectivity index (χ2v) is 24.0. The third-order valence-corrected chi connectivity index (χ3v) is 21.5. The van der Waals surface area contributed by atoms with Gasteiger partial charge in [-0.1, -0.05) is 116 Å². The summed E-state index contributed by atoms with van der Waals surface area (Å²) in [6, 6.07) is 9.25. The molecule has 14 atom stereocenters. The Morgan fingerprint density at radius 3 is 2.29 bits per heavy atom. The van der Waals surface area contributed by atoms with Gasteiger partial charge in [-0.2, -0.15) is 0 Å². The first kappa shape index (κ1) is 42.9. The number of carboxylic acid groups (broad SMARTS) is 1. The molecule has 0 aromatic heterocycles. The van der Waals surface area contributed by atoms with Crippen molar-refractivity contribution in [1.29, 1.82) is 0 Å². The summed E-state index contributed by atoms with van der Waals surface area (Å²) in [5.41, 5.74) is 2.82. The van der Waals surface area contributed by atoms with E-state index in [4.69, 9.17) is 9.47 Å². The summed E-state index contributed by atoms with van der Waals surface area (Å²) in [5.74, 6) is 2.39. The molecule has 1 aromatic carbocycles. The molecule has 1 spiro atoms. The molecular weight excluding hydrogens is 729 g/mol. The van der Waals surface area contributed by atoms with Crippen LogP contribution in [0.1, 0.15) is 193 Å². The maximum atomic E-state index is 13.2. The zero-order chi connectivity index (χ0) is 41.5. The van der Waals surface area contributed by atoms with Gasteiger partial charge in [-0.05, 0) is 165 Å². The van der Waals surface area contributed by atoms with Gasteiger partial charge in [0, 0.05) is 24.9 Å². The highest BCUT2D eigenvalue weighted by Gasteiger charge is 2.81. The Morgan fingerprint density at radius 2 is 1.56 bits per heavy atom. The molecule has 5 heteroatoms. The summed E-state index contributed by atoms with van der Waals surface area (Å²) in [4.78, 5) is 13.2. The Morgan fingerprint density at radius 1 is 0.814 bits per heavy atom. The summed E-state index contributed by atoms with van der Waals surface area (Å²) < 4.78 is 12.6. The summed E-state index contributed by atoms with van der Waals surface area (Å²) >= 11 is 0. The molecule has 1 heterocycles. The monoisotopic (exact) mass is 813 g/mol. The molecule has 8 aliphatic rings. The first-order valence-electron chi connectivity index (χ1n) is 25.4. The first-order valence-corrected chi connectivity index (χ1v) is 25.4. The zero-order valence-corrected chi connectivity index (χ0v) is 38.4. The van der Waals surface area contributed by atoms with Crippen molar-refractivity contribution in [3.05, 3.63) is 35.4 Å². The minimum atomic E-state index is -1.02. The fraction of sp³-hybridized carbons (Fsp3) is 0.870. The number of benzene rings is 1. The molecule has 330 valence electrons. The molecule has 59 heavy (non-hydrogen) atoms. The Bertz CT molecular complexity index is 1670. The van der Waals surface area contributed by atoms with E-state index < -0.39 is 17.2 Å². The molecule has 2 N–H and O–H groups in total. The second-order valence-electron chi connectivity index (χ2n) is 24.0. The third kappa shape index (κ3) is 6.53. The smallest absolute Gasteiger partial charge is 0.309 e. The minimum absolute atomic E-state index is 0.0162. The zero-order valence-electron chi connectivity index (χ0n) is 38.4. The Labute approximate surface area is 359 Å². The van der Waals surface area contributed by atoms with Crippen LogP contribution in [0.25, 0.3) is 0 Å². The fourth-order valence-corrected chi connectivity index (χ4v) is 18.8. The lowest BCUT2D eigenvalue weighted by Crippen LogP contribution is -2.74. The number of rotatable bonds is 14. The Balaban J connectivity index is 1.08. The maximum absolute atomic E-state index is 13.2. The molecule has 7 aliphatic carbocycles. The highest BCUT2D eigenvalue weighted by Crippen LogP contribution is 2.84. The fourth-order valence-electron chi connectivity index (χ4n) is 18.8. The summed E-state index contributed by atoms with van der Waals surface area (Å²) in [6.07, 6.45) is 30.3. The number of aliphatic carboxylic acids is 1. The van der Waals surface area contributed by atoms with Gasteiger partial charge in [0.15, 0.2) is 5.79 Å². The molecule has 7 saturated carbocycles. The van der Waals surface area contributed by atoms with Crippen molar-refractivity contribution >= 4 is 5.97 Å². The van der Waals surface area contributed by atoms with Crippen molar-refractivity contribution in [2.75, 3.05) is 13.7 Å². The molecule has 1 saturated heterocycles. The molecule has 0 amide bonds. The van der Waals surface area contributed by atoms with Gasteiger partial charge in [0.05, 0.1) is 18.1 Å². The van der Waals surface area contributed by atoms with Crippen LogP contribution in [0, 0.1) is 73.9 Å². The molecule has 5 nitrogen and oxygen atoms in total. The lowest BCUT2D eigenvalue weighted by atomic mass is 9.25. The number of carbonyl (C=O) groups is 1. The number of fused-ring (bicyclic) bond motifs is 5. The molecule has 1 aliphatic heterocycles. The predicted octanol–water partition coefficient (Wildman–Crippen LogP) is 13.0. The second kappa shape index (κ2) is 15.7. The van der Waals surface area contributed by atoms with E-state index in [0.29, 0.717) is 29.6 Å². The third-order valence-electron chi connectivity index (χ3n) is 21.5. The van der Waals surface area contributed by atoms with E-state index in [0.717, 1.165) is 63.9 Å². The van der Waals surface area contributed by atoms with Crippen molar-refractivity contribution < 1.29 is 24.5 Å². The first-order chi connectivity index (χ1) is 28.2. The summed E-state index contributed by atoms with van der Waals surface area (Å²) in [6.45, 7) is 13.4. The molecule has 8 fully saturated rings. The molecule has 0 unspecified atom stereocenters. The summed E-state index contributed by atoms with van der Waals surface area (Å²) in [5, 5.41) is 23.6. The largest absolute Gasteiger partial charge is 0.481 e. The molecule has 2 bridgehead atoms. The van der Waals surface area contributed by atoms with Crippen LogP contribution in [0.5, 0.6) is 0 Å². The predicted molar refractivity (Wildman–Crippen MR) is 237 cm³/mol. The number of carboxylic acids is 1. The van der Waals surface area contributed by atoms with E-state index in [-0.39, 0.29) is 39.1 Å². The average Bonchev–Trinajstić information content (AvgIpc) is 3.35. The number of hydrogen-bond acceptors (Lipinski definition) is 4. The van der Waals surface area contributed by atoms with E-state index in [1.807, 2.05) is 0 Å². The van der Waals surface area contributed by atoms with Crippen LogP contribution in [-0.4, -0.2) is 41.8 Å². The number of ether oxygens (including phenoxy) is 2. The normalized spacial score (nSPS) is 47.5. The minimum Gasteiger partial charge on any atom is -0.481 e. The van der Waals surface area contributed by atoms with Crippen LogP contribution in [0.4, 0.5) is 0 Å². The van der Waals surface area contributed by atoms with E-state index in [1.165, 1.54) is 120 Å². The molecular formula is C54H84O5. The SMILES string of the molecule is CCC[C@@H]1[C@]23CC[C@H]4[C@@]5(C)[C@@H](CC[C@@H](C[C@]1(O)O[C@H]2Cc1ccc(CCOC)cc1)[C@@H]53)C[C@@]1(CCCCCC2CCCCC2)[C@@H]2C[C@](C)(C(=O)O)CC[C@]2(C)CC[C@]41C. The highest BCUT2D eigenvalue weighted by molar-refractivity contribution is 5.74. The lowest BCUT2D eigenvalue weighted by Gasteiger charge is -2.79. The van der Waals surface area contributed by atoms with Crippen LogP contribution >= 0.6 is 0 Å². The summed E-state index contributed by atoms with van der Waals surface area (Å²) in [7, 11) is 1.78. The van der Waals surface area contributed by atoms with Crippen LogP contribution < -0.4 is 0 Å². The van der Waals surface area contributed by atoms with Crippen molar-refractivity contribution in [2.45, 2.75) is 207 Å². The van der Waals surface area contributed by atoms with Gasteiger partial charge in [-0.25, -0.2) is 0 Å². The van der Waals surface area contributed by atoms with E-state index in [2.05, 4.69) is 58.9 Å². The number of methoxy groups -OCH3 is 1. The van der Waals surface area contributed by atoms with Crippen LogP contribution in [0.15, 0.2) is 24.3 Å². The van der Waals surface area contributed by atoms with Crippen LogP contribution in [-0.2, 0) is 27.1 Å². The molecule has 0 radical (unpaired) electrons. The van der Waals surface area contributed by atoms with Gasteiger partial charge in [0.1, 0.15) is 0 Å². The average molecular weight is 813 g/mol. The van der Waals surface area contributed by atoms with E-state index >= 15 is 0 Å². The Kier molecular flexibility index (Phi) is 11.4.